The van der Waals surface area contributed by atoms with E-state index < -0.39 is 24.3 Å². The van der Waals surface area contributed by atoms with Crippen molar-refractivity contribution in [2.45, 2.75) is 386 Å². The van der Waals surface area contributed by atoms with Crippen LogP contribution in [0.5, 0.6) is 0 Å². The van der Waals surface area contributed by atoms with Crippen LogP contribution in [0, 0.1) is 0 Å². The van der Waals surface area contributed by atoms with Crippen LogP contribution in [-0.2, 0) is 33.3 Å². The van der Waals surface area contributed by atoms with E-state index in [9.17, 15) is 19.5 Å². The van der Waals surface area contributed by atoms with Gasteiger partial charge in [-0.2, -0.15) is 0 Å². The largest absolute Gasteiger partial charge is 0.545 e. The van der Waals surface area contributed by atoms with Crippen LogP contribution in [0.1, 0.15) is 373 Å². The molecule has 0 saturated heterocycles. The van der Waals surface area contributed by atoms with E-state index in [1.54, 1.807) is 0 Å². The predicted molar refractivity (Wildman–Crippen MR) is 353 cm³/mol. The number of aliphatic carboxylic acids is 1. The summed E-state index contributed by atoms with van der Waals surface area (Å²) in [5, 5.41) is 11.8. The highest BCUT2D eigenvalue weighted by Crippen LogP contribution is 2.19. The number of carbonyl (C=O) groups excluding carboxylic acids is 3. The number of carboxylic acid groups (broad SMARTS) is 1. The normalized spacial score (nSPS) is 12.7. The predicted octanol–water partition coefficient (Wildman–Crippen LogP) is 21.3. The molecule has 9 nitrogen and oxygen atoms in total. The van der Waals surface area contributed by atoms with Gasteiger partial charge in [-0.1, -0.05) is 340 Å². The van der Waals surface area contributed by atoms with Gasteiger partial charge >= 0.3 is 11.9 Å². The standard InChI is InChI=1S/C74H141NO8/c1-6-8-10-12-14-16-18-20-22-24-25-26-27-28-29-30-31-32-33-34-35-36-37-38-39-40-41-42-43-44-45-46-47-49-50-52-54-56-58-60-62-64-71(76)81-68-70(69-82-74(73(78)79)80-67-66-75(3,4)5)83-72(77)65-63-61-59-57-55-53-51-48-23-21-19-17-15-13-11-9-7-2/h15,17,21,23,70,74H,6-14,16,18-20,22,24-69H2,1-5H3/b17-15-,23-21-. The van der Waals surface area contributed by atoms with Crippen molar-refractivity contribution in [2.75, 3.05) is 47.5 Å². The Kier molecular flexibility index (Phi) is 64.0. The van der Waals surface area contributed by atoms with Gasteiger partial charge in [0, 0.05) is 12.8 Å². The van der Waals surface area contributed by atoms with Gasteiger partial charge < -0.3 is 33.3 Å². The molecule has 2 unspecified atom stereocenters. The van der Waals surface area contributed by atoms with Gasteiger partial charge in [-0.15, -0.1) is 0 Å². The van der Waals surface area contributed by atoms with E-state index in [-0.39, 0.29) is 32.2 Å². The van der Waals surface area contributed by atoms with Crippen molar-refractivity contribution >= 4 is 17.9 Å². The molecule has 2 atom stereocenters. The van der Waals surface area contributed by atoms with Gasteiger partial charge in [-0.3, -0.25) is 9.59 Å². The molecule has 0 N–H and O–H groups in total. The number of likely N-dealkylation sites (N-methyl/N-ethyl adjacent to an activating group) is 1. The van der Waals surface area contributed by atoms with E-state index in [1.807, 2.05) is 21.1 Å². The SMILES string of the molecule is CCCCC/C=C\C/C=C\CCCCCCCCCC(=O)OC(COC(=O)CCCCCCCCCCCCCCCCCCCCCCCCCCCCCCCCCCCCCCCCCCC)COC(OCC[N+](C)(C)C)C(=O)[O-]. The molecule has 0 aromatic carbocycles. The molecule has 0 aliphatic rings. The highest BCUT2D eigenvalue weighted by molar-refractivity contribution is 5.70. The molecular formula is C74H141NO8. The summed E-state index contributed by atoms with van der Waals surface area (Å²) >= 11 is 0. The Hall–Kier alpha value is -2.23. The lowest BCUT2D eigenvalue weighted by Crippen LogP contribution is -2.44. The quantitative estimate of drug-likeness (QED) is 0.0195. The van der Waals surface area contributed by atoms with Crippen molar-refractivity contribution in [3.8, 4) is 0 Å². The molecule has 490 valence electrons. The number of rotatable bonds is 69. The maximum absolute atomic E-state index is 12.9. The number of carboxylic acids is 1. The highest BCUT2D eigenvalue weighted by atomic mass is 16.7. The third-order valence-corrected chi connectivity index (χ3v) is 16.7. The number of esters is 2. The second kappa shape index (κ2) is 65.7. The number of allylic oxidation sites excluding steroid dienone is 4. The lowest BCUT2D eigenvalue weighted by Gasteiger charge is -2.26. The van der Waals surface area contributed by atoms with Gasteiger partial charge in [0.15, 0.2) is 12.4 Å². The molecular weight excluding hydrogens is 1030 g/mol. The molecule has 0 spiro atoms. The topological polar surface area (TPSA) is 111 Å². The lowest BCUT2D eigenvalue weighted by atomic mass is 10.0. The highest BCUT2D eigenvalue weighted by Gasteiger charge is 2.22. The van der Waals surface area contributed by atoms with Crippen molar-refractivity contribution in [3.05, 3.63) is 24.3 Å². The second-order valence-corrected chi connectivity index (χ2v) is 26.2. The van der Waals surface area contributed by atoms with E-state index in [1.165, 1.54) is 289 Å². The Bertz CT molecular complexity index is 1410. The molecule has 0 aromatic heterocycles. The molecule has 0 aliphatic heterocycles. The first-order valence-electron chi connectivity index (χ1n) is 36.5. The average Bonchev–Trinajstić information content (AvgIpc) is 3.46. The maximum atomic E-state index is 12.9. The summed E-state index contributed by atoms with van der Waals surface area (Å²) < 4.78 is 22.8. The van der Waals surface area contributed by atoms with Gasteiger partial charge in [0.1, 0.15) is 13.2 Å². The zero-order valence-corrected chi connectivity index (χ0v) is 56.1. The number of nitrogens with zero attached hydrogens (tertiary/aromatic N) is 1. The molecule has 0 rings (SSSR count). The molecule has 9 heteroatoms. The number of hydrogen-bond donors (Lipinski definition) is 0. The summed E-state index contributed by atoms with van der Waals surface area (Å²) in [5.74, 6) is -2.27. The molecule has 0 heterocycles. The molecule has 0 aromatic rings. The van der Waals surface area contributed by atoms with Gasteiger partial charge in [0.2, 0.25) is 0 Å². The fraction of sp³-hybridized carbons (Fsp3) is 0.905. The first-order chi connectivity index (χ1) is 40.6. The van der Waals surface area contributed by atoms with Gasteiger partial charge in [0.05, 0.1) is 40.3 Å². The van der Waals surface area contributed by atoms with Crippen LogP contribution >= 0.6 is 0 Å². The summed E-state index contributed by atoms with van der Waals surface area (Å²) in [6, 6.07) is 0. The second-order valence-electron chi connectivity index (χ2n) is 26.2. The van der Waals surface area contributed by atoms with Crippen molar-refractivity contribution < 1.29 is 42.9 Å². The summed E-state index contributed by atoms with van der Waals surface area (Å²) in [4.78, 5) is 37.4. The van der Waals surface area contributed by atoms with Gasteiger partial charge in [-0.25, -0.2) is 0 Å². The van der Waals surface area contributed by atoms with Crippen LogP contribution in [0.4, 0.5) is 0 Å². The maximum Gasteiger partial charge on any atom is 0.306 e. The molecule has 0 amide bonds. The van der Waals surface area contributed by atoms with Crippen molar-refractivity contribution in [1.82, 2.24) is 0 Å². The van der Waals surface area contributed by atoms with Crippen LogP contribution in [0.2, 0.25) is 0 Å². The Morgan fingerprint density at radius 1 is 0.361 bits per heavy atom. The van der Waals surface area contributed by atoms with Crippen LogP contribution in [0.3, 0.4) is 0 Å². The molecule has 0 saturated carbocycles. The van der Waals surface area contributed by atoms with E-state index in [0.717, 1.165) is 51.4 Å². The van der Waals surface area contributed by atoms with Gasteiger partial charge in [0.25, 0.3) is 0 Å². The lowest BCUT2D eigenvalue weighted by molar-refractivity contribution is -0.870. The Morgan fingerprint density at radius 2 is 0.651 bits per heavy atom. The minimum Gasteiger partial charge on any atom is -0.545 e. The van der Waals surface area contributed by atoms with Crippen LogP contribution in [0.15, 0.2) is 24.3 Å². The number of ether oxygens (including phenoxy) is 4. The third-order valence-electron chi connectivity index (χ3n) is 16.7. The van der Waals surface area contributed by atoms with Gasteiger partial charge in [-0.05, 0) is 44.9 Å². The van der Waals surface area contributed by atoms with E-state index in [4.69, 9.17) is 18.9 Å². The van der Waals surface area contributed by atoms with E-state index in [0.29, 0.717) is 23.9 Å². The van der Waals surface area contributed by atoms with Crippen LogP contribution in [0.25, 0.3) is 0 Å². The number of unbranched alkanes of at least 4 members (excludes halogenated alkanes) is 50. The zero-order chi connectivity index (χ0) is 60.5. The first kappa shape index (κ1) is 80.8. The van der Waals surface area contributed by atoms with Crippen molar-refractivity contribution in [2.24, 2.45) is 0 Å². The molecule has 0 aliphatic carbocycles. The molecule has 0 radical (unpaired) electrons. The average molecular weight is 1170 g/mol. The smallest absolute Gasteiger partial charge is 0.306 e. The summed E-state index contributed by atoms with van der Waals surface area (Å²) in [6.45, 7) is 4.77. The Labute approximate surface area is 516 Å². The molecule has 83 heavy (non-hydrogen) atoms. The third kappa shape index (κ3) is 67.1. The Morgan fingerprint density at radius 3 is 0.976 bits per heavy atom. The number of quaternary nitrogens is 1. The van der Waals surface area contributed by atoms with Crippen molar-refractivity contribution in [3.63, 3.8) is 0 Å². The summed E-state index contributed by atoms with van der Waals surface area (Å²) in [6.07, 6.45) is 78.8. The Balaban J connectivity index is 3.87. The molecule has 0 fully saturated rings. The van der Waals surface area contributed by atoms with Crippen LogP contribution < -0.4 is 5.11 Å². The zero-order valence-electron chi connectivity index (χ0n) is 56.1. The number of carbonyl (C=O) groups is 3. The minimum atomic E-state index is -1.62. The van der Waals surface area contributed by atoms with E-state index >= 15 is 0 Å². The first-order valence-corrected chi connectivity index (χ1v) is 36.5. The number of hydrogen-bond acceptors (Lipinski definition) is 8. The molecule has 0 bridgehead atoms. The summed E-state index contributed by atoms with van der Waals surface area (Å²) in [5.41, 5.74) is 0. The van der Waals surface area contributed by atoms with Crippen LogP contribution in [-0.4, -0.2) is 82.3 Å². The fourth-order valence-corrected chi connectivity index (χ4v) is 11.1. The monoisotopic (exact) mass is 1170 g/mol. The minimum absolute atomic E-state index is 0.148. The summed E-state index contributed by atoms with van der Waals surface area (Å²) in [7, 11) is 5.93. The van der Waals surface area contributed by atoms with E-state index in [2.05, 4.69) is 38.2 Å². The fourth-order valence-electron chi connectivity index (χ4n) is 11.1. The van der Waals surface area contributed by atoms with Crippen molar-refractivity contribution in [1.29, 1.82) is 0 Å².